The molecule has 2 aliphatic rings. The molecule has 0 atom stereocenters. The van der Waals surface area contributed by atoms with Crippen molar-refractivity contribution in [3.8, 4) is 0 Å². The molecule has 10 heteroatoms. The van der Waals surface area contributed by atoms with Crippen molar-refractivity contribution in [2.24, 2.45) is 5.92 Å². The average Bonchev–Trinajstić information content (AvgIpc) is 3.37. The lowest BCUT2D eigenvalue weighted by atomic mass is 9.94. The third-order valence-corrected chi connectivity index (χ3v) is 5.34. The Bertz CT molecular complexity index is 839. The first-order valence-electron chi connectivity index (χ1n) is 9.44. The first kappa shape index (κ1) is 20.6. The Morgan fingerprint density at radius 2 is 2.03 bits per heavy atom. The third-order valence-electron chi connectivity index (χ3n) is 5.34. The molecule has 1 saturated heterocycles. The molecule has 0 aromatic carbocycles. The van der Waals surface area contributed by atoms with Crippen molar-refractivity contribution < 1.29 is 29.0 Å². The number of H-pyrrole nitrogens is 1. The molecule has 0 spiro atoms. The Kier molecular flexibility index (Phi) is 6.65. The Labute approximate surface area is 167 Å². The molecule has 2 aromatic rings. The lowest BCUT2D eigenvalue weighted by Crippen LogP contribution is -2.44. The minimum absolute atomic E-state index is 0.0336. The first-order valence-corrected chi connectivity index (χ1v) is 9.44. The quantitative estimate of drug-likeness (QED) is 0.646. The van der Waals surface area contributed by atoms with Gasteiger partial charge in [-0.2, -0.15) is 5.10 Å². The number of furan rings is 1. The van der Waals surface area contributed by atoms with Gasteiger partial charge in [-0.1, -0.05) is 0 Å². The Morgan fingerprint density at radius 3 is 2.66 bits per heavy atom. The molecule has 0 saturated carbocycles. The van der Waals surface area contributed by atoms with E-state index in [1.807, 2.05) is 17.0 Å². The van der Waals surface area contributed by atoms with E-state index in [0.29, 0.717) is 19.5 Å². The number of aromatic amines is 1. The standard InChI is InChI=1S/C18H22N4O4.CH2O2/c23-17(12-3-6-21(7-4-12)10-13-2-1-9-26-13)22-8-5-14-15(11-22)19-20-16(14)18(24)25;2-1-3/h1-2,9,12H,3-8,10-11H2,(H,19,20)(H,24,25);1H,(H,2,3). The summed E-state index contributed by atoms with van der Waals surface area (Å²) in [6, 6.07) is 3.86. The number of fused-ring (bicyclic) bond motifs is 1. The van der Waals surface area contributed by atoms with Gasteiger partial charge in [0.25, 0.3) is 6.47 Å². The summed E-state index contributed by atoms with van der Waals surface area (Å²) < 4.78 is 5.39. The molecule has 2 aliphatic heterocycles. The molecule has 0 unspecified atom stereocenters. The number of likely N-dealkylation sites (tertiary alicyclic amines) is 1. The van der Waals surface area contributed by atoms with E-state index in [2.05, 4.69) is 15.1 Å². The van der Waals surface area contributed by atoms with Gasteiger partial charge in [-0.3, -0.25) is 19.6 Å². The van der Waals surface area contributed by atoms with Crippen LogP contribution in [0.15, 0.2) is 22.8 Å². The molecule has 0 radical (unpaired) electrons. The number of carboxylic acid groups (broad SMARTS) is 2. The second-order valence-electron chi connectivity index (χ2n) is 7.08. The van der Waals surface area contributed by atoms with Gasteiger partial charge in [0.1, 0.15) is 5.76 Å². The highest BCUT2D eigenvalue weighted by molar-refractivity contribution is 5.87. The van der Waals surface area contributed by atoms with Crippen molar-refractivity contribution in [2.45, 2.75) is 32.4 Å². The molecule has 1 amide bonds. The molecule has 1 fully saturated rings. The van der Waals surface area contributed by atoms with Crippen LogP contribution < -0.4 is 0 Å². The van der Waals surface area contributed by atoms with E-state index in [-0.39, 0.29) is 24.0 Å². The van der Waals surface area contributed by atoms with Crippen LogP contribution >= 0.6 is 0 Å². The van der Waals surface area contributed by atoms with Gasteiger partial charge >= 0.3 is 5.97 Å². The third kappa shape index (κ3) is 4.83. The number of carbonyl (C=O) groups excluding carboxylic acids is 1. The maximum Gasteiger partial charge on any atom is 0.356 e. The van der Waals surface area contributed by atoms with Crippen molar-refractivity contribution in [1.29, 1.82) is 0 Å². The van der Waals surface area contributed by atoms with Crippen molar-refractivity contribution >= 4 is 18.3 Å². The number of nitrogens with one attached hydrogen (secondary N) is 1. The molecule has 4 rings (SSSR count). The van der Waals surface area contributed by atoms with Gasteiger partial charge in [0.15, 0.2) is 5.69 Å². The van der Waals surface area contributed by atoms with E-state index in [4.69, 9.17) is 19.4 Å². The number of carboxylic acids is 1. The number of hydrogen-bond donors (Lipinski definition) is 3. The van der Waals surface area contributed by atoms with Gasteiger partial charge in [0.05, 0.1) is 25.0 Å². The molecule has 0 bridgehead atoms. The maximum absolute atomic E-state index is 12.9. The summed E-state index contributed by atoms with van der Waals surface area (Å²) in [6.45, 7) is 3.26. The van der Waals surface area contributed by atoms with Crippen molar-refractivity contribution in [1.82, 2.24) is 20.0 Å². The zero-order chi connectivity index (χ0) is 20.8. The predicted octanol–water partition coefficient (Wildman–Crippen LogP) is 1.20. The van der Waals surface area contributed by atoms with Gasteiger partial charge < -0.3 is 19.5 Å². The molecule has 29 heavy (non-hydrogen) atoms. The molecule has 2 aromatic heterocycles. The second-order valence-corrected chi connectivity index (χ2v) is 7.08. The van der Waals surface area contributed by atoms with Crippen LogP contribution in [0.4, 0.5) is 0 Å². The lowest BCUT2D eigenvalue weighted by molar-refractivity contribution is -0.138. The van der Waals surface area contributed by atoms with Crippen molar-refractivity contribution in [3.05, 3.63) is 41.1 Å². The second kappa shape index (κ2) is 9.37. The fourth-order valence-electron chi connectivity index (χ4n) is 3.90. The summed E-state index contributed by atoms with van der Waals surface area (Å²) in [7, 11) is 0. The van der Waals surface area contributed by atoms with Crippen LogP contribution in [-0.4, -0.2) is 68.2 Å². The van der Waals surface area contributed by atoms with E-state index in [0.717, 1.165) is 49.5 Å². The zero-order valence-electron chi connectivity index (χ0n) is 15.9. The molecule has 0 aliphatic carbocycles. The largest absolute Gasteiger partial charge is 0.483 e. The topological polar surface area (TPSA) is 140 Å². The minimum atomic E-state index is -1.02. The zero-order valence-corrected chi connectivity index (χ0v) is 15.9. The number of hydrogen-bond acceptors (Lipinski definition) is 6. The summed E-state index contributed by atoms with van der Waals surface area (Å²) in [5, 5.41) is 22.7. The Hall–Kier alpha value is -3.14. The van der Waals surface area contributed by atoms with Gasteiger partial charge in [-0.25, -0.2) is 4.79 Å². The SMILES string of the molecule is O=C(O)c1n[nH]c2c1CCN(C(=O)C1CCN(Cc3ccco3)CC1)C2.O=CO. The monoisotopic (exact) mass is 404 g/mol. The van der Waals surface area contributed by atoms with Gasteiger partial charge in [-0.15, -0.1) is 0 Å². The van der Waals surface area contributed by atoms with E-state index in [1.165, 1.54) is 0 Å². The van der Waals surface area contributed by atoms with Crippen molar-refractivity contribution in [2.75, 3.05) is 19.6 Å². The molecule has 10 nitrogen and oxygen atoms in total. The van der Waals surface area contributed by atoms with Crippen molar-refractivity contribution in [3.63, 3.8) is 0 Å². The van der Waals surface area contributed by atoms with Crippen LogP contribution in [-0.2, 0) is 29.1 Å². The molecule has 156 valence electrons. The predicted molar refractivity (Wildman–Crippen MR) is 100 cm³/mol. The van der Waals surface area contributed by atoms with Crippen LogP contribution in [0.2, 0.25) is 0 Å². The number of piperidine rings is 1. The minimum Gasteiger partial charge on any atom is -0.483 e. The first-order chi connectivity index (χ1) is 14.0. The maximum atomic E-state index is 12.9. The number of aromatic carboxylic acids is 1. The number of rotatable bonds is 4. The Balaban J connectivity index is 0.000000755. The van der Waals surface area contributed by atoms with E-state index >= 15 is 0 Å². The van der Waals surface area contributed by atoms with Crippen LogP contribution in [0.5, 0.6) is 0 Å². The number of amides is 1. The fraction of sp³-hybridized carbons (Fsp3) is 0.474. The number of nitrogens with zero attached hydrogens (tertiary/aromatic N) is 3. The van der Waals surface area contributed by atoms with E-state index in [9.17, 15) is 9.59 Å². The summed E-state index contributed by atoms with van der Waals surface area (Å²) in [5.74, 6) is 0.129. The highest BCUT2D eigenvalue weighted by atomic mass is 16.4. The summed E-state index contributed by atoms with van der Waals surface area (Å²) >= 11 is 0. The van der Waals surface area contributed by atoms with Crippen LogP contribution in [0.3, 0.4) is 0 Å². The van der Waals surface area contributed by atoms with E-state index < -0.39 is 5.97 Å². The van der Waals surface area contributed by atoms with Crippen LogP contribution in [0.1, 0.15) is 40.3 Å². The van der Waals surface area contributed by atoms with Crippen LogP contribution in [0, 0.1) is 5.92 Å². The number of carbonyl (C=O) groups is 3. The number of aromatic nitrogens is 2. The lowest BCUT2D eigenvalue weighted by Gasteiger charge is -2.35. The summed E-state index contributed by atoms with van der Waals surface area (Å²) in [6.07, 6.45) is 3.90. The normalized spacial score (nSPS) is 17.2. The van der Waals surface area contributed by atoms with Gasteiger partial charge in [-0.05, 0) is 44.5 Å². The van der Waals surface area contributed by atoms with Gasteiger partial charge in [0.2, 0.25) is 5.91 Å². The summed E-state index contributed by atoms with van der Waals surface area (Å²) in [5.41, 5.74) is 1.56. The molecular formula is C19H24N4O6. The molecular weight excluding hydrogens is 380 g/mol. The molecule has 4 heterocycles. The van der Waals surface area contributed by atoms with E-state index in [1.54, 1.807) is 6.26 Å². The fourth-order valence-corrected chi connectivity index (χ4v) is 3.90. The molecule has 3 N–H and O–H groups in total. The Morgan fingerprint density at radius 1 is 1.31 bits per heavy atom. The summed E-state index contributed by atoms with van der Waals surface area (Å²) in [4.78, 5) is 36.5. The smallest absolute Gasteiger partial charge is 0.356 e. The van der Waals surface area contributed by atoms with Crippen LogP contribution in [0.25, 0.3) is 0 Å². The highest BCUT2D eigenvalue weighted by Gasteiger charge is 2.32. The van der Waals surface area contributed by atoms with Gasteiger partial charge in [0, 0.05) is 18.0 Å². The average molecular weight is 404 g/mol. The highest BCUT2D eigenvalue weighted by Crippen LogP contribution is 2.25.